The fourth-order valence-corrected chi connectivity index (χ4v) is 2.00. The van der Waals surface area contributed by atoms with Crippen molar-refractivity contribution in [2.75, 3.05) is 6.54 Å². The highest BCUT2D eigenvalue weighted by Crippen LogP contribution is 2.36. The van der Waals surface area contributed by atoms with E-state index in [0.29, 0.717) is 5.41 Å². The molecular weight excluding hydrogens is 160 g/mol. The molecule has 0 aliphatic carbocycles. The van der Waals surface area contributed by atoms with Gasteiger partial charge in [-0.2, -0.15) is 0 Å². The maximum absolute atomic E-state index is 3.28. The molecule has 2 heteroatoms. The quantitative estimate of drug-likeness (QED) is 0.613. The average Bonchev–Trinajstić information content (AvgIpc) is 2.05. The second-order valence-corrected chi connectivity index (χ2v) is 4.88. The van der Waals surface area contributed by atoms with Crippen molar-refractivity contribution in [3.05, 3.63) is 23.8 Å². The van der Waals surface area contributed by atoms with Crippen LogP contribution in [0.2, 0.25) is 0 Å². The molecule has 1 N–H and O–H groups in total. The van der Waals surface area contributed by atoms with Gasteiger partial charge < -0.3 is 10.2 Å². The van der Waals surface area contributed by atoms with E-state index < -0.39 is 0 Å². The van der Waals surface area contributed by atoms with Gasteiger partial charge in [-0.1, -0.05) is 13.8 Å². The first-order valence-corrected chi connectivity index (χ1v) is 4.97. The molecule has 2 aliphatic heterocycles. The highest BCUT2D eigenvalue weighted by Gasteiger charge is 2.28. The van der Waals surface area contributed by atoms with E-state index in [0.717, 1.165) is 6.54 Å². The van der Waals surface area contributed by atoms with Crippen LogP contribution in [0.1, 0.15) is 33.6 Å². The van der Waals surface area contributed by atoms with Crippen LogP contribution in [0.5, 0.6) is 0 Å². The summed E-state index contributed by atoms with van der Waals surface area (Å²) in [7, 11) is 0. The third-order valence-electron chi connectivity index (χ3n) is 2.87. The molecule has 2 aliphatic rings. The molecule has 0 radical (unpaired) electrons. The Kier molecular flexibility index (Phi) is 1.86. The summed E-state index contributed by atoms with van der Waals surface area (Å²) in [4.78, 5) is 2.37. The largest absolute Gasteiger partial charge is 0.362 e. The van der Waals surface area contributed by atoms with Crippen LogP contribution in [0, 0.1) is 5.41 Å². The molecule has 2 heterocycles. The van der Waals surface area contributed by atoms with Gasteiger partial charge >= 0.3 is 0 Å². The van der Waals surface area contributed by atoms with E-state index in [-0.39, 0.29) is 0 Å². The van der Waals surface area contributed by atoms with Crippen molar-refractivity contribution in [1.82, 2.24) is 10.2 Å². The summed E-state index contributed by atoms with van der Waals surface area (Å²) >= 11 is 0. The number of rotatable bonds is 0. The van der Waals surface area contributed by atoms with E-state index in [1.807, 2.05) is 0 Å². The lowest BCUT2D eigenvalue weighted by molar-refractivity contribution is 0.214. The van der Waals surface area contributed by atoms with Crippen molar-refractivity contribution < 1.29 is 0 Å². The van der Waals surface area contributed by atoms with Crippen molar-refractivity contribution >= 4 is 0 Å². The Morgan fingerprint density at radius 2 is 2.23 bits per heavy atom. The van der Waals surface area contributed by atoms with E-state index in [1.165, 1.54) is 24.2 Å². The second-order valence-electron chi connectivity index (χ2n) is 4.88. The number of piperidine rings is 1. The van der Waals surface area contributed by atoms with Crippen LogP contribution in [0.4, 0.5) is 0 Å². The molecule has 0 bridgehead atoms. The lowest BCUT2D eigenvalue weighted by atomic mass is 9.81. The summed E-state index contributed by atoms with van der Waals surface area (Å²) in [6, 6.07) is 0. The third kappa shape index (κ3) is 1.71. The Hall–Kier alpha value is -0.920. The van der Waals surface area contributed by atoms with Gasteiger partial charge in [0.15, 0.2) is 0 Å². The molecule has 0 aromatic rings. The Bertz CT molecular complexity index is 274. The molecule has 13 heavy (non-hydrogen) atoms. The number of fused-ring (bicyclic) bond motifs is 1. The summed E-state index contributed by atoms with van der Waals surface area (Å²) < 4.78 is 0. The molecule has 0 atom stereocenters. The Morgan fingerprint density at radius 3 is 3.00 bits per heavy atom. The number of nitrogens with one attached hydrogen (secondary N) is 1. The number of nitrogens with zero attached hydrogens (tertiary/aromatic N) is 1. The first kappa shape index (κ1) is 8.67. The van der Waals surface area contributed by atoms with Gasteiger partial charge in [-0.15, -0.1) is 0 Å². The van der Waals surface area contributed by atoms with Crippen molar-refractivity contribution in [3.8, 4) is 0 Å². The van der Waals surface area contributed by atoms with Crippen LogP contribution >= 0.6 is 0 Å². The Morgan fingerprint density at radius 1 is 1.46 bits per heavy atom. The predicted molar refractivity (Wildman–Crippen MR) is 54.7 cm³/mol. The summed E-state index contributed by atoms with van der Waals surface area (Å²) in [5.41, 5.74) is 3.15. The summed E-state index contributed by atoms with van der Waals surface area (Å²) in [5.74, 6) is 0. The maximum atomic E-state index is 3.28. The van der Waals surface area contributed by atoms with Gasteiger partial charge in [0.1, 0.15) is 0 Å². The van der Waals surface area contributed by atoms with E-state index in [4.69, 9.17) is 0 Å². The van der Waals surface area contributed by atoms with Crippen LogP contribution in [-0.4, -0.2) is 11.4 Å². The molecule has 0 aromatic heterocycles. The predicted octanol–water partition coefficient (Wildman–Crippen LogP) is 2.41. The number of hydrogen-bond donors (Lipinski definition) is 1. The molecule has 0 spiro atoms. The summed E-state index contributed by atoms with van der Waals surface area (Å²) in [6.45, 7) is 7.96. The first-order chi connectivity index (χ1) is 6.07. The van der Waals surface area contributed by atoms with Gasteiger partial charge in [-0.25, -0.2) is 0 Å². The Balaban J connectivity index is 2.15. The molecule has 2 rings (SSSR count). The second kappa shape index (κ2) is 2.79. The fraction of sp³-hybridized carbons (Fsp3) is 0.636. The molecular formula is C11H18N2. The van der Waals surface area contributed by atoms with Crippen LogP contribution in [-0.2, 0) is 0 Å². The zero-order valence-electron chi connectivity index (χ0n) is 8.72. The minimum Gasteiger partial charge on any atom is -0.362 e. The molecule has 0 amide bonds. The number of hydrogen-bond acceptors (Lipinski definition) is 2. The lowest BCUT2D eigenvalue weighted by Gasteiger charge is -2.40. The van der Waals surface area contributed by atoms with E-state index in [1.54, 1.807) is 0 Å². The van der Waals surface area contributed by atoms with Crippen molar-refractivity contribution in [3.63, 3.8) is 0 Å². The molecule has 1 saturated heterocycles. The minimum absolute atomic E-state index is 0.475. The minimum atomic E-state index is 0.475. The molecule has 0 unspecified atom stereocenters. The van der Waals surface area contributed by atoms with Crippen molar-refractivity contribution in [1.29, 1.82) is 0 Å². The average molecular weight is 178 g/mol. The summed E-state index contributed by atoms with van der Waals surface area (Å²) in [6.07, 6.45) is 6.83. The lowest BCUT2D eigenvalue weighted by Crippen LogP contribution is -2.35. The van der Waals surface area contributed by atoms with E-state index in [9.17, 15) is 0 Å². The van der Waals surface area contributed by atoms with Gasteiger partial charge in [-0.05, 0) is 25.2 Å². The van der Waals surface area contributed by atoms with Crippen LogP contribution in [0.15, 0.2) is 23.8 Å². The highest BCUT2D eigenvalue weighted by molar-refractivity contribution is 5.18. The third-order valence-corrected chi connectivity index (χ3v) is 2.87. The monoisotopic (exact) mass is 178 g/mol. The highest BCUT2D eigenvalue weighted by atomic mass is 15.2. The molecule has 2 nitrogen and oxygen atoms in total. The van der Waals surface area contributed by atoms with Gasteiger partial charge in [0.25, 0.3) is 0 Å². The van der Waals surface area contributed by atoms with Crippen LogP contribution < -0.4 is 5.32 Å². The van der Waals surface area contributed by atoms with Crippen LogP contribution in [0.3, 0.4) is 0 Å². The normalized spacial score (nSPS) is 25.6. The standard InChI is InChI=1S/C11H18N2/c1-9-8-13-5-4-11(2,3)6-10(13)7-12-9/h7-8,12H,4-6H2,1-3H3. The zero-order valence-corrected chi connectivity index (χ0v) is 8.72. The van der Waals surface area contributed by atoms with Gasteiger partial charge in [0.05, 0.1) is 0 Å². The van der Waals surface area contributed by atoms with Gasteiger partial charge in [0.2, 0.25) is 0 Å². The topological polar surface area (TPSA) is 15.3 Å². The molecule has 0 saturated carbocycles. The van der Waals surface area contributed by atoms with Gasteiger partial charge in [-0.3, -0.25) is 0 Å². The maximum Gasteiger partial charge on any atom is 0.0341 e. The van der Waals surface area contributed by atoms with E-state index in [2.05, 4.69) is 43.4 Å². The van der Waals surface area contributed by atoms with Crippen molar-refractivity contribution in [2.45, 2.75) is 33.6 Å². The smallest absolute Gasteiger partial charge is 0.0341 e. The van der Waals surface area contributed by atoms with E-state index >= 15 is 0 Å². The Labute approximate surface area is 80.3 Å². The van der Waals surface area contributed by atoms with Crippen LogP contribution in [0.25, 0.3) is 0 Å². The molecule has 1 fully saturated rings. The zero-order chi connectivity index (χ0) is 9.47. The molecule has 72 valence electrons. The van der Waals surface area contributed by atoms with Gasteiger partial charge in [0, 0.05) is 30.3 Å². The number of allylic oxidation sites excluding steroid dienone is 2. The fourth-order valence-electron chi connectivity index (χ4n) is 2.00. The first-order valence-electron chi connectivity index (χ1n) is 4.97. The molecule has 0 aromatic carbocycles. The van der Waals surface area contributed by atoms with Crippen molar-refractivity contribution in [2.24, 2.45) is 5.41 Å². The summed E-state index contributed by atoms with van der Waals surface area (Å²) in [5, 5.41) is 3.28. The SMILES string of the molecule is CC1=CN2CCC(C)(C)CC2=CN1.